The van der Waals surface area contributed by atoms with Crippen LogP contribution >= 0.6 is 0 Å². The van der Waals surface area contributed by atoms with Gasteiger partial charge in [-0.3, -0.25) is 0 Å². The number of carbonyl (C=O) groups is 1. The fourth-order valence-electron chi connectivity index (χ4n) is 2.11. The number of carbonyl (C=O) groups excluding carboxylic acids is 1. The largest absolute Gasteiger partial charge is 0.351 e. The molecule has 1 aliphatic rings. The van der Waals surface area contributed by atoms with E-state index in [1.807, 2.05) is 20.8 Å². The van der Waals surface area contributed by atoms with Crippen LogP contribution in [-0.4, -0.2) is 35.6 Å². The molecule has 1 saturated heterocycles. The van der Waals surface area contributed by atoms with Crippen molar-refractivity contribution in [3.8, 4) is 0 Å². The molecule has 14 heavy (non-hydrogen) atoms. The van der Waals surface area contributed by atoms with Crippen molar-refractivity contribution >= 4 is 6.03 Å². The third-order valence-corrected chi connectivity index (χ3v) is 2.60. The third kappa shape index (κ3) is 2.61. The van der Waals surface area contributed by atoms with Gasteiger partial charge in [0, 0.05) is 18.1 Å². The Bertz CT molecular complexity index is 204. The van der Waals surface area contributed by atoms with E-state index in [-0.39, 0.29) is 17.6 Å². The van der Waals surface area contributed by atoms with Gasteiger partial charge >= 0.3 is 6.03 Å². The summed E-state index contributed by atoms with van der Waals surface area (Å²) < 4.78 is 0. The van der Waals surface area contributed by atoms with E-state index in [1.165, 1.54) is 0 Å². The Morgan fingerprint density at radius 2 is 2.14 bits per heavy atom. The summed E-state index contributed by atoms with van der Waals surface area (Å²) in [5.41, 5.74) is 5.23. The predicted octanol–water partition coefficient (Wildman–Crippen LogP) is 0.918. The Hall–Kier alpha value is -0.770. The summed E-state index contributed by atoms with van der Waals surface area (Å²) in [6.07, 6.45) is 2.16. The first kappa shape index (κ1) is 11.3. The van der Waals surface area contributed by atoms with Gasteiger partial charge < -0.3 is 16.0 Å². The second-order valence-electron chi connectivity index (χ2n) is 4.88. The monoisotopic (exact) mass is 199 g/mol. The number of piperidine rings is 1. The lowest BCUT2D eigenvalue weighted by molar-refractivity contribution is 0.102. The number of nitrogens with zero attached hydrogens (tertiary/aromatic N) is 1. The molecule has 1 fully saturated rings. The van der Waals surface area contributed by atoms with Crippen molar-refractivity contribution in [1.82, 2.24) is 10.2 Å². The molecular formula is C10H21N3O. The van der Waals surface area contributed by atoms with Gasteiger partial charge in [-0.25, -0.2) is 4.79 Å². The SMILES string of the molecule is CC(C)(C)N(C(N)=O)C1CCCNC1. The fourth-order valence-corrected chi connectivity index (χ4v) is 2.11. The number of primary amides is 1. The molecule has 1 aliphatic heterocycles. The van der Waals surface area contributed by atoms with Gasteiger partial charge in [0.25, 0.3) is 0 Å². The molecule has 0 aromatic heterocycles. The minimum atomic E-state index is -0.314. The summed E-state index contributed by atoms with van der Waals surface area (Å²) in [6.45, 7) is 7.97. The Morgan fingerprint density at radius 1 is 1.50 bits per heavy atom. The van der Waals surface area contributed by atoms with E-state index in [0.717, 1.165) is 25.9 Å². The van der Waals surface area contributed by atoms with Gasteiger partial charge in [-0.1, -0.05) is 0 Å². The van der Waals surface area contributed by atoms with Crippen molar-refractivity contribution in [2.24, 2.45) is 5.73 Å². The molecule has 1 heterocycles. The van der Waals surface area contributed by atoms with Gasteiger partial charge in [0.05, 0.1) is 0 Å². The fraction of sp³-hybridized carbons (Fsp3) is 0.900. The molecule has 2 amide bonds. The van der Waals surface area contributed by atoms with Crippen LogP contribution < -0.4 is 11.1 Å². The van der Waals surface area contributed by atoms with Crippen LogP contribution in [0.15, 0.2) is 0 Å². The summed E-state index contributed by atoms with van der Waals surface area (Å²) in [5, 5.41) is 3.29. The summed E-state index contributed by atoms with van der Waals surface area (Å²) in [5.74, 6) is 0. The Morgan fingerprint density at radius 3 is 2.50 bits per heavy atom. The molecule has 0 aromatic rings. The highest BCUT2D eigenvalue weighted by Gasteiger charge is 2.32. The topological polar surface area (TPSA) is 58.4 Å². The average molecular weight is 199 g/mol. The summed E-state index contributed by atoms with van der Waals surface area (Å²) in [6, 6.07) is -0.0625. The van der Waals surface area contributed by atoms with Gasteiger partial charge in [0.2, 0.25) is 0 Å². The minimum absolute atomic E-state index is 0.185. The number of nitrogens with two attached hydrogens (primary N) is 1. The average Bonchev–Trinajstić information content (AvgIpc) is 2.02. The quantitative estimate of drug-likeness (QED) is 0.659. The first-order valence-corrected chi connectivity index (χ1v) is 5.22. The van der Waals surface area contributed by atoms with Crippen LogP contribution in [0, 0.1) is 0 Å². The molecule has 0 bridgehead atoms. The maximum absolute atomic E-state index is 11.4. The van der Waals surface area contributed by atoms with Crippen LogP contribution in [0.1, 0.15) is 33.6 Å². The molecule has 0 aromatic carbocycles. The zero-order chi connectivity index (χ0) is 10.8. The second-order valence-corrected chi connectivity index (χ2v) is 4.88. The summed E-state index contributed by atoms with van der Waals surface area (Å²) in [7, 11) is 0. The zero-order valence-electron chi connectivity index (χ0n) is 9.34. The number of rotatable bonds is 1. The van der Waals surface area contributed by atoms with Crippen LogP contribution in [0.3, 0.4) is 0 Å². The van der Waals surface area contributed by atoms with Crippen LogP contribution in [0.4, 0.5) is 4.79 Å². The smallest absolute Gasteiger partial charge is 0.315 e. The van der Waals surface area contributed by atoms with Crippen LogP contribution in [0.25, 0.3) is 0 Å². The van der Waals surface area contributed by atoms with Crippen molar-refractivity contribution in [3.63, 3.8) is 0 Å². The maximum Gasteiger partial charge on any atom is 0.315 e. The van der Waals surface area contributed by atoms with Crippen molar-refractivity contribution in [3.05, 3.63) is 0 Å². The van der Waals surface area contributed by atoms with Crippen LogP contribution in [0.2, 0.25) is 0 Å². The molecule has 1 atom stereocenters. The molecule has 4 nitrogen and oxygen atoms in total. The molecule has 3 N–H and O–H groups in total. The highest BCUT2D eigenvalue weighted by molar-refractivity contribution is 5.73. The molecule has 1 rings (SSSR count). The van der Waals surface area contributed by atoms with Crippen molar-refractivity contribution in [2.45, 2.75) is 45.2 Å². The number of amides is 2. The Balaban J connectivity index is 2.71. The lowest BCUT2D eigenvalue weighted by Crippen LogP contribution is -2.58. The van der Waals surface area contributed by atoms with E-state index >= 15 is 0 Å². The molecule has 4 heteroatoms. The molecule has 0 spiro atoms. The van der Waals surface area contributed by atoms with Crippen molar-refractivity contribution < 1.29 is 4.79 Å². The highest BCUT2D eigenvalue weighted by atomic mass is 16.2. The highest BCUT2D eigenvalue weighted by Crippen LogP contribution is 2.20. The van der Waals surface area contributed by atoms with E-state index in [2.05, 4.69) is 5.32 Å². The second kappa shape index (κ2) is 4.17. The van der Waals surface area contributed by atoms with Gasteiger partial charge in [-0.15, -0.1) is 0 Å². The molecule has 1 unspecified atom stereocenters. The summed E-state index contributed by atoms with van der Waals surface area (Å²) >= 11 is 0. The van der Waals surface area contributed by atoms with Gasteiger partial charge in [0.1, 0.15) is 0 Å². The number of urea groups is 1. The lowest BCUT2D eigenvalue weighted by Gasteiger charge is -2.42. The van der Waals surface area contributed by atoms with Crippen molar-refractivity contribution in [1.29, 1.82) is 0 Å². The molecule has 0 aliphatic carbocycles. The standard InChI is InChI=1S/C10H21N3O/c1-10(2,3)13(9(11)14)8-5-4-6-12-7-8/h8,12H,4-7H2,1-3H3,(H2,11,14). The number of hydrogen-bond donors (Lipinski definition) is 2. The van der Waals surface area contributed by atoms with E-state index in [9.17, 15) is 4.79 Å². The summed E-state index contributed by atoms with van der Waals surface area (Å²) in [4.78, 5) is 13.2. The van der Waals surface area contributed by atoms with E-state index in [0.29, 0.717) is 0 Å². The van der Waals surface area contributed by atoms with E-state index in [4.69, 9.17) is 5.73 Å². The Kier molecular flexibility index (Phi) is 3.37. The molecule has 0 saturated carbocycles. The third-order valence-electron chi connectivity index (χ3n) is 2.60. The van der Waals surface area contributed by atoms with Gasteiger partial charge in [0.15, 0.2) is 0 Å². The Labute approximate surface area is 85.8 Å². The van der Waals surface area contributed by atoms with Crippen molar-refractivity contribution in [2.75, 3.05) is 13.1 Å². The lowest BCUT2D eigenvalue weighted by atomic mass is 9.98. The minimum Gasteiger partial charge on any atom is -0.351 e. The van der Waals surface area contributed by atoms with Gasteiger partial charge in [-0.2, -0.15) is 0 Å². The first-order chi connectivity index (χ1) is 6.43. The molecule has 82 valence electrons. The number of nitrogens with one attached hydrogen (secondary N) is 1. The maximum atomic E-state index is 11.4. The van der Waals surface area contributed by atoms with Crippen LogP contribution in [-0.2, 0) is 0 Å². The van der Waals surface area contributed by atoms with E-state index < -0.39 is 0 Å². The first-order valence-electron chi connectivity index (χ1n) is 5.22. The predicted molar refractivity (Wildman–Crippen MR) is 57.1 cm³/mol. The zero-order valence-corrected chi connectivity index (χ0v) is 9.34. The van der Waals surface area contributed by atoms with Gasteiger partial charge in [-0.05, 0) is 40.2 Å². The molecule has 0 radical (unpaired) electrons. The van der Waals surface area contributed by atoms with E-state index in [1.54, 1.807) is 4.90 Å². The number of hydrogen-bond acceptors (Lipinski definition) is 2. The normalized spacial score (nSPS) is 23.2. The molecular weight excluding hydrogens is 178 g/mol. The van der Waals surface area contributed by atoms with Crippen LogP contribution in [0.5, 0.6) is 0 Å².